The zero-order valence-corrected chi connectivity index (χ0v) is 12.5. The average molecular weight is 322 g/mol. The van der Waals surface area contributed by atoms with Gasteiger partial charge in [-0.15, -0.1) is 0 Å². The van der Waals surface area contributed by atoms with E-state index in [1.54, 1.807) is 12.1 Å². The maximum Gasteiger partial charge on any atom is 0.145 e. The lowest BCUT2D eigenvalue weighted by Crippen LogP contribution is -2.13. The Balaban J connectivity index is 2.16. The summed E-state index contributed by atoms with van der Waals surface area (Å²) in [6, 6.07) is 13.4. The summed E-state index contributed by atoms with van der Waals surface area (Å²) in [6.07, 6.45) is 1.13. The van der Waals surface area contributed by atoms with E-state index in [9.17, 15) is 4.39 Å². The van der Waals surface area contributed by atoms with Crippen molar-refractivity contribution in [2.75, 3.05) is 6.54 Å². The molecule has 2 aromatic carbocycles. The van der Waals surface area contributed by atoms with E-state index in [1.807, 2.05) is 30.3 Å². The fraction of sp³-hybridized carbons (Fsp3) is 0.250. The fourth-order valence-corrected chi connectivity index (χ4v) is 2.30. The highest BCUT2D eigenvalue weighted by Crippen LogP contribution is 2.27. The van der Waals surface area contributed by atoms with Gasteiger partial charge in [0.2, 0.25) is 0 Å². The molecule has 2 rings (SSSR count). The molecular weight excluding hydrogens is 305 g/mol. The molecule has 19 heavy (non-hydrogen) atoms. The molecule has 1 N–H and O–H groups in total. The molecule has 0 spiro atoms. The van der Waals surface area contributed by atoms with Crippen LogP contribution in [0.3, 0.4) is 0 Å². The van der Waals surface area contributed by atoms with Crippen LogP contribution in [0.5, 0.6) is 0 Å². The topological polar surface area (TPSA) is 12.0 Å². The first-order valence-electron chi connectivity index (χ1n) is 6.46. The minimum atomic E-state index is -0.209. The summed E-state index contributed by atoms with van der Waals surface area (Å²) in [4.78, 5) is 0. The van der Waals surface area contributed by atoms with Crippen molar-refractivity contribution >= 4 is 15.9 Å². The molecule has 0 bridgehead atoms. The largest absolute Gasteiger partial charge is 0.313 e. The van der Waals surface area contributed by atoms with Crippen LogP contribution in [0.2, 0.25) is 0 Å². The van der Waals surface area contributed by atoms with Gasteiger partial charge in [0.25, 0.3) is 0 Å². The summed E-state index contributed by atoms with van der Waals surface area (Å²) < 4.78 is 14.5. The summed E-state index contributed by atoms with van der Waals surface area (Å²) in [5, 5.41) is 3.35. The molecule has 0 aromatic heterocycles. The molecule has 1 nitrogen and oxygen atoms in total. The molecule has 0 saturated carbocycles. The number of hydrogen-bond acceptors (Lipinski definition) is 1. The number of rotatable bonds is 5. The van der Waals surface area contributed by atoms with Crippen LogP contribution in [0.25, 0.3) is 11.1 Å². The van der Waals surface area contributed by atoms with Crippen LogP contribution in [0.15, 0.2) is 46.9 Å². The first-order chi connectivity index (χ1) is 9.22. The second-order valence-corrected chi connectivity index (χ2v) is 5.33. The predicted molar refractivity (Wildman–Crippen MR) is 81.5 cm³/mol. The second kappa shape index (κ2) is 6.83. The van der Waals surface area contributed by atoms with Crippen LogP contribution in [0.1, 0.15) is 18.9 Å². The van der Waals surface area contributed by atoms with Gasteiger partial charge in [-0.2, -0.15) is 0 Å². The summed E-state index contributed by atoms with van der Waals surface area (Å²) >= 11 is 3.21. The lowest BCUT2D eigenvalue weighted by atomic mass is 10.0. The lowest BCUT2D eigenvalue weighted by Gasteiger charge is -2.07. The Morgan fingerprint density at radius 1 is 1.11 bits per heavy atom. The third-order valence-corrected chi connectivity index (χ3v) is 3.58. The van der Waals surface area contributed by atoms with E-state index in [0.29, 0.717) is 10.0 Å². The van der Waals surface area contributed by atoms with Gasteiger partial charge in [-0.3, -0.25) is 0 Å². The maximum absolute atomic E-state index is 14.0. The first kappa shape index (κ1) is 14.2. The Kier molecular flexibility index (Phi) is 5.11. The molecule has 0 unspecified atom stereocenters. The van der Waals surface area contributed by atoms with Gasteiger partial charge in [-0.1, -0.05) is 43.3 Å². The van der Waals surface area contributed by atoms with Gasteiger partial charge in [-0.05, 0) is 46.1 Å². The number of hydrogen-bond donors (Lipinski definition) is 1. The normalized spacial score (nSPS) is 10.7. The zero-order chi connectivity index (χ0) is 13.7. The summed E-state index contributed by atoms with van der Waals surface area (Å²) in [7, 11) is 0. The van der Waals surface area contributed by atoms with Crippen molar-refractivity contribution in [2.45, 2.75) is 19.9 Å². The summed E-state index contributed by atoms with van der Waals surface area (Å²) in [6.45, 7) is 4.02. The predicted octanol–water partition coefficient (Wildman–Crippen LogP) is 4.75. The Morgan fingerprint density at radius 2 is 1.84 bits per heavy atom. The van der Waals surface area contributed by atoms with Crippen molar-refractivity contribution in [3.8, 4) is 11.1 Å². The van der Waals surface area contributed by atoms with Crippen LogP contribution < -0.4 is 5.32 Å². The molecule has 0 saturated heterocycles. The maximum atomic E-state index is 14.0. The number of halogens is 2. The van der Waals surface area contributed by atoms with E-state index >= 15 is 0 Å². The standard InChI is InChI=1S/C16H17BrFN/c1-2-10-19-11-12-6-8-13(9-7-12)14-4-3-5-15(17)16(14)18/h3-9,19H,2,10-11H2,1H3. The minimum Gasteiger partial charge on any atom is -0.313 e. The van der Waals surface area contributed by atoms with Crippen LogP contribution in [-0.4, -0.2) is 6.54 Å². The highest BCUT2D eigenvalue weighted by Gasteiger charge is 2.07. The van der Waals surface area contributed by atoms with Gasteiger partial charge in [0.15, 0.2) is 0 Å². The molecule has 3 heteroatoms. The Bertz CT molecular complexity index is 537. The van der Waals surface area contributed by atoms with Gasteiger partial charge < -0.3 is 5.32 Å². The number of benzene rings is 2. The third-order valence-electron chi connectivity index (χ3n) is 2.97. The highest BCUT2D eigenvalue weighted by molar-refractivity contribution is 9.10. The van der Waals surface area contributed by atoms with Crippen molar-refractivity contribution < 1.29 is 4.39 Å². The van der Waals surface area contributed by atoms with Crippen molar-refractivity contribution in [3.63, 3.8) is 0 Å². The Hall–Kier alpha value is -1.19. The van der Waals surface area contributed by atoms with Crippen LogP contribution in [0.4, 0.5) is 4.39 Å². The SMILES string of the molecule is CCCNCc1ccc(-c2cccc(Br)c2F)cc1. The minimum absolute atomic E-state index is 0.209. The molecule has 0 aliphatic carbocycles. The van der Waals surface area contributed by atoms with E-state index < -0.39 is 0 Å². The van der Waals surface area contributed by atoms with Crippen LogP contribution >= 0.6 is 15.9 Å². The number of nitrogens with one attached hydrogen (secondary N) is 1. The molecule has 0 amide bonds. The molecule has 0 aliphatic rings. The average Bonchev–Trinajstić information content (AvgIpc) is 2.43. The molecule has 0 aliphatic heterocycles. The molecule has 0 fully saturated rings. The molecule has 0 atom stereocenters. The Morgan fingerprint density at radius 3 is 2.53 bits per heavy atom. The lowest BCUT2D eigenvalue weighted by molar-refractivity contribution is 0.624. The summed E-state index contributed by atoms with van der Waals surface area (Å²) in [5.74, 6) is -0.209. The van der Waals surface area contributed by atoms with Gasteiger partial charge in [0.05, 0.1) is 4.47 Å². The second-order valence-electron chi connectivity index (χ2n) is 4.48. The van der Waals surface area contributed by atoms with Gasteiger partial charge in [-0.25, -0.2) is 4.39 Å². The van der Waals surface area contributed by atoms with E-state index in [-0.39, 0.29) is 5.82 Å². The van der Waals surface area contributed by atoms with E-state index in [4.69, 9.17) is 0 Å². The van der Waals surface area contributed by atoms with E-state index in [2.05, 4.69) is 28.2 Å². The van der Waals surface area contributed by atoms with Crippen LogP contribution in [-0.2, 0) is 6.54 Å². The van der Waals surface area contributed by atoms with Crippen molar-refractivity contribution in [2.24, 2.45) is 0 Å². The van der Waals surface area contributed by atoms with Crippen molar-refractivity contribution in [3.05, 3.63) is 58.3 Å². The molecule has 100 valence electrons. The third kappa shape index (κ3) is 3.64. The quantitative estimate of drug-likeness (QED) is 0.783. The summed E-state index contributed by atoms with van der Waals surface area (Å²) in [5.41, 5.74) is 2.74. The molecule has 2 aromatic rings. The molecular formula is C16H17BrFN. The molecule has 0 radical (unpaired) electrons. The zero-order valence-electron chi connectivity index (χ0n) is 10.9. The first-order valence-corrected chi connectivity index (χ1v) is 7.25. The van der Waals surface area contributed by atoms with Gasteiger partial charge >= 0.3 is 0 Å². The molecule has 0 heterocycles. The van der Waals surface area contributed by atoms with Crippen molar-refractivity contribution in [1.82, 2.24) is 5.32 Å². The van der Waals surface area contributed by atoms with E-state index in [0.717, 1.165) is 25.1 Å². The van der Waals surface area contributed by atoms with Crippen LogP contribution in [0, 0.1) is 5.82 Å². The smallest absolute Gasteiger partial charge is 0.145 e. The van der Waals surface area contributed by atoms with Gasteiger partial charge in [0.1, 0.15) is 5.82 Å². The van der Waals surface area contributed by atoms with E-state index in [1.165, 1.54) is 5.56 Å². The van der Waals surface area contributed by atoms with Gasteiger partial charge in [0, 0.05) is 12.1 Å². The Labute approximate surface area is 122 Å². The highest BCUT2D eigenvalue weighted by atomic mass is 79.9. The monoisotopic (exact) mass is 321 g/mol. The van der Waals surface area contributed by atoms with Crippen molar-refractivity contribution in [1.29, 1.82) is 0 Å². The fourth-order valence-electron chi connectivity index (χ4n) is 1.94.